The van der Waals surface area contributed by atoms with Crippen LogP contribution in [0.3, 0.4) is 0 Å². The summed E-state index contributed by atoms with van der Waals surface area (Å²) in [5.41, 5.74) is 24.0. The van der Waals surface area contributed by atoms with Crippen LogP contribution in [0.2, 0.25) is 0 Å². The zero-order valence-corrected chi connectivity index (χ0v) is 72.1. The summed E-state index contributed by atoms with van der Waals surface area (Å²) in [7, 11) is 0. The second-order valence-electron chi connectivity index (χ2n) is 38.0. The highest BCUT2D eigenvalue weighted by Gasteiger charge is 2.42. The molecule has 0 bridgehead atoms. The maximum absolute atomic E-state index is 6.55. The summed E-state index contributed by atoms with van der Waals surface area (Å²) in [6, 6.07) is 97.7. The lowest BCUT2D eigenvalue weighted by molar-refractivity contribution is 0.298. The third kappa shape index (κ3) is 16.7. The summed E-state index contributed by atoms with van der Waals surface area (Å²) < 4.78 is 16.9. The number of aromatic nitrogens is 10. The molecule has 12 nitrogen and oxygen atoms in total. The minimum atomic E-state index is -0.623. The Hall–Kier alpha value is -12.0. The van der Waals surface area contributed by atoms with Crippen molar-refractivity contribution in [1.29, 1.82) is 0 Å². The van der Waals surface area contributed by atoms with E-state index in [9.17, 15) is 0 Å². The molecule has 9 aromatic carbocycles. The third-order valence-electron chi connectivity index (χ3n) is 23.6. The van der Waals surface area contributed by atoms with Gasteiger partial charge in [0.15, 0.2) is 0 Å². The van der Waals surface area contributed by atoms with Crippen LogP contribution in [0.25, 0.3) is 67.4 Å². The summed E-state index contributed by atoms with van der Waals surface area (Å²) in [6.45, 7) is 43.1. The number of hydrogen-bond acceptors (Lipinski definition) is 10. The first-order chi connectivity index (χ1) is 56.2. The lowest BCUT2D eigenvalue weighted by atomic mass is 9.64. The van der Waals surface area contributed by atoms with Gasteiger partial charge in [0, 0.05) is 36.7 Å². The van der Waals surface area contributed by atoms with Crippen LogP contribution >= 0.6 is 0 Å². The van der Waals surface area contributed by atoms with Crippen molar-refractivity contribution in [1.82, 2.24) is 49.9 Å². The van der Waals surface area contributed by atoms with Crippen LogP contribution in [-0.2, 0) is 56.4 Å². The molecule has 15 aromatic rings. The molecular weight excluding hydrogens is 1450 g/mol. The summed E-state index contributed by atoms with van der Waals surface area (Å²) >= 11 is 0. The van der Waals surface area contributed by atoms with Crippen molar-refractivity contribution in [3.8, 4) is 57.1 Å². The van der Waals surface area contributed by atoms with Crippen LogP contribution in [0, 0.1) is 0 Å². The van der Waals surface area contributed by atoms with E-state index in [1.807, 2.05) is 70.0 Å². The topological polar surface area (TPSA) is 131 Å². The first-order valence-electron chi connectivity index (χ1n) is 41.8. The van der Waals surface area contributed by atoms with E-state index in [1.54, 1.807) is 12.4 Å². The Morgan fingerprint density at radius 1 is 0.237 bits per heavy atom. The molecule has 0 saturated heterocycles. The first kappa shape index (κ1) is 81.1. The molecule has 0 radical (unpaired) electrons. The number of rotatable bonds is 22. The van der Waals surface area contributed by atoms with Gasteiger partial charge in [-0.1, -0.05) is 317 Å². The summed E-state index contributed by atoms with van der Waals surface area (Å²) in [5.74, 6) is 1.61. The lowest BCUT2D eigenvalue weighted by Gasteiger charge is -2.38. The smallest absolute Gasteiger partial charge is 0.119 e. The third-order valence-corrected chi connectivity index (χ3v) is 23.6. The quantitative estimate of drug-likeness (QED) is 0.0367. The largest absolute Gasteiger partial charge is 0.494 e. The van der Waals surface area contributed by atoms with Gasteiger partial charge >= 0.3 is 0 Å². The van der Waals surface area contributed by atoms with Crippen LogP contribution in [0.4, 0.5) is 0 Å². The molecule has 15 rings (SSSR count). The van der Waals surface area contributed by atoms with Gasteiger partial charge in [0.2, 0.25) is 0 Å². The van der Waals surface area contributed by atoms with E-state index < -0.39 is 10.8 Å². The van der Waals surface area contributed by atoms with Gasteiger partial charge in [-0.25, -0.2) is 29.3 Å². The van der Waals surface area contributed by atoms with E-state index in [1.165, 1.54) is 66.8 Å². The standard InChI is InChI=1S/C106H112N10O2/c1-99(2,3)71-27-39-77(40-28-71)105(78-41-29-72(30-42-78)100(4,5)6,79-43-31-73(32-44-79)101(7,8)9)83-51-55-85(56-52-83)117-67-21-65-115-97(69-107-113-115)95-25-19-23-91(111-95)93-61-59-87-88-60-62-94(110-90(88)64-63-89(87)109-93)92-24-20-26-96(112-92)98-70-108-114-116(98)66-22-68-118-86-57-53-84(54-58-86)106(80-45-33-74(34-46-80)102(10,11)12,81-47-35-75(36-48-81)103(13,14)15)82-49-37-76(38-50-82)104(16,17)18/h19-20,23-64,69-70H,21-22,65-68H2,1-18H3. The number of nitrogens with zero attached hydrogens (tertiary/aromatic N) is 10. The second-order valence-corrected chi connectivity index (χ2v) is 38.0. The molecule has 12 heteroatoms. The fraction of sp³-hybridized carbons (Fsp3) is 0.302. The molecule has 6 aromatic heterocycles. The molecule has 0 atom stereocenters. The van der Waals surface area contributed by atoms with Gasteiger partial charge in [-0.2, -0.15) is 0 Å². The van der Waals surface area contributed by atoms with Crippen LogP contribution in [0.5, 0.6) is 11.5 Å². The normalized spacial score (nSPS) is 12.7. The fourth-order valence-electron chi connectivity index (χ4n) is 16.5. The average molecular weight is 1560 g/mol. The maximum atomic E-state index is 6.55. The Bertz CT molecular complexity index is 5350. The van der Waals surface area contributed by atoms with Gasteiger partial charge in [0.1, 0.15) is 22.9 Å². The van der Waals surface area contributed by atoms with Crippen LogP contribution < -0.4 is 9.47 Å². The van der Waals surface area contributed by atoms with Crippen molar-refractivity contribution in [3.63, 3.8) is 0 Å². The van der Waals surface area contributed by atoms with Gasteiger partial charge in [0.25, 0.3) is 0 Å². The predicted octanol–water partition coefficient (Wildman–Crippen LogP) is 24.9. The van der Waals surface area contributed by atoms with E-state index in [-0.39, 0.29) is 32.5 Å². The van der Waals surface area contributed by atoms with Gasteiger partial charge in [-0.3, -0.25) is 0 Å². The number of ether oxygens (including phenoxy) is 2. The fourth-order valence-corrected chi connectivity index (χ4v) is 16.5. The van der Waals surface area contributed by atoms with Crippen molar-refractivity contribution >= 4 is 21.8 Å². The molecule has 0 aliphatic rings. The monoisotopic (exact) mass is 1560 g/mol. The van der Waals surface area contributed by atoms with Gasteiger partial charge in [-0.15, -0.1) is 10.2 Å². The molecule has 0 fully saturated rings. The van der Waals surface area contributed by atoms with Crippen LogP contribution in [0.1, 0.15) is 215 Å². The molecule has 6 heterocycles. The number of aryl methyl sites for hydroxylation is 2. The van der Waals surface area contributed by atoms with Crippen molar-refractivity contribution in [2.75, 3.05) is 13.2 Å². The van der Waals surface area contributed by atoms with Gasteiger partial charge < -0.3 is 9.47 Å². The van der Waals surface area contributed by atoms with Crippen molar-refractivity contribution in [2.45, 2.75) is 194 Å². The molecule has 598 valence electrons. The molecule has 0 saturated carbocycles. The summed E-state index contributed by atoms with van der Waals surface area (Å²) in [4.78, 5) is 20.7. The Morgan fingerprint density at radius 2 is 0.466 bits per heavy atom. The van der Waals surface area contributed by atoms with Gasteiger partial charge in [-0.05, 0) is 195 Å². The summed E-state index contributed by atoms with van der Waals surface area (Å²) in [5, 5.41) is 19.8. The first-order valence-corrected chi connectivity index (χ1v) is 41.8. The van der Waals surface area contributed by atoms with Gasteiger partial charge in [0.05, 0.1) is 81.6 Å². The number of pyridine rings is 4. The van der Waals surface area contributed by atoms with E-state index in [0.717, 1.165) is 90.0 Å². The minimum absolute atomic E-state index is 0.00903. The molecule has 0 unspecified atom stereocenters. The number of hydrogen-bond donors (Lipinski definition) is 0. The Labute approximate surface area is 698 Å². The molecule has 0 aliphatic heterocycles. The van der Waals surface area contributed by atoms with E-state index in [2.05, 4.69) is 352 Å². The zero-order chi connectivity index (χ0) is 83.2. The van der Waals surface area contributed by atoms with Crippen LogP contribution in [0.15, 0.2) is 279 Å². The molecular formula is C106H112N10O2. The highest BCUT2D eigenvalue weighted by atomic mass is 16.5. The van der Waals surface area contributed by atoms with Crippen LogP contribution in [-0.4, -0.2) is 63.1 Å². The molecule has 0 amide bonds. The molecule has 118 heavy (non-hydrogen) atoms. The van der Waals surface area contributed by atoms with E-state index in [0.29, 0.717) is 39.1 Å². The molecule has 0 spiro atoms. The Kier molecular flexibility index (Phi) is 22.1. The maximum Gasteiger partial charge on any atom is 0.119 e. The molecule has 0 N–H and O–H groups in total. The number of benzene rings is 9. The Morgan fingerprint density at radius 3 is 0.720 bits per heavy atom. The predicted molar refractivity (Wildman–Crippen MR) is 483 cm³/mol. The van der Waals surface area contributed by atoms with Crippen molar-refractivity contribution in [3.05, 3.63) is 357 Å². The highest BCUT2D eigenvalue weighted by Crippen LogP contribution is 2.50. The van der Waals surface area contributed by atoms with Crippen molar-refractivity contribution in [2.24, 2.45) is 0 Å². The SMILES string of the molecule is CC(C)(C)c1ccc(C(c2ccc(OCCCn3nncc3-c3cccc(-c4ccc5c(ccc6nc(-c7cccc(-c8cnnn8CCCOc8ccc(C(c9ccc(C(C)(C)C)cc9)(c9ccc(C(C)(C)C)cc9)c9ccc(C(C)(C)C)cc9)cc8)n7)ccc65)n4)n3)cc2)(c2ccc(C(C)(C)C)cc2)c2ccc(C(C)(C)C)cc2)cc1. The molecule has 0 aliphatic carbocycles. The van der Waals surface area contributed by atoms with Crippen molar-refractivity contribution < 1.29 is 9.47 Å². The van der Waals surface area contributed by atoms with E-state index >= 15 is 0 Å². The lowest BCUT2D eigenvalue weighted by Crippen LogP contribution is -2.31. The minimum Gasteiger partial charge on any atom is -0.494 e. The Balaban J connectivity index is 0.601. The second kappa shape index (κ2) is 32.1. The average Bonchev–Trinajstić information content (AvgIpc) is 0.874. The number of fused-ring (bicyclic) bond motifs is 3. The highest BCUT2D eigenvalue weighted by molar-refractivity contribution is 6.05. The van der Waals surface area contributed by atoms with E-state index in [4.69, 9.17) is 29.4 Å². The summed E-state index contributed by atoms with van der Waals surface area (Å²) in [6.07, 6.45) is 4.95. The zero-order valence-electron chi connectivity index (χ0n) is 72.1.